The summed E-state index contributed by atoms with van der Waals surface area (Å²) in [5.74, 6) is 0. The fourth-order valence-corrected chi connectivity index (χ4v) is 5.41. The molecule has 102 valence electrons. The van der Waals surface area contributed by atoms with Crippen molar-refractivity contribution in [2.24, 2.45) is 0 Å². The lowest BCUT2D eigenvalue weighted by Gasteiger charge is -2.29. The normalized spacial score (nSPS) is 22.9. The summed E-state index contributed by atoms with van der Waals surface area (Å²) in [4.78, 5) is 0.904. The van der Waals surface area contributed by atoms with Crippen LogP contribution in [-0.2, 0) is 14.8 Å². The highest BCUT2D eigenvalue weighted by Gasteiger charge is 2.37. The minimum atomic E-state index is -3.44. The summed E-state index contributed by atoms with van der Waals surface area (Å²) in [5.41, 5.74) is 0.542. The average Bonchev–Trinajstić information content (AvgIpc) is 2.70. The van der Waals surface area contributed by atoms with Crippen LogP contribution in [0.3, 0.4) is 0 Å². The first-order valence-corrected chi connectivity index (χ1v) is 8.00. The molecule has 0 aliphatic carbocycles. The van der Waals surface area contributed by atoms with Gasteiger partial charge in [-0.05, 0) is 19.4 Å². The van der Waals surface area contributed by atoms with E-state index in [4.69, 9.17) is 4.74 Å². The van der Waals surface area contributed by atoms with Gasteiger partial charge in [0.15, 0.2) is 0 Å². The number of nitrogens with zero attached hydrogens (tertiary/aromatic N) is 1. The quantitative estimate of drug-likeness (QED) is 0.845. The van der Waals surface area contributed by atoms with Crippen molar-refractivity contribution in [1.82, 2.24) is 4.31 Å². The molecular weight excluding hydrogens is 274 g/mol. The van der Waals surface area contributed by atoms with Crippen molar-refractivity contribution in [3.63, 3.8) is 0 Å². The lowest BCUT2D eigenvalue weighted by atomic mass is 10.2. The summed E-state index contributed by atoms with van der Waals surface area (Å²) in [5, 5.41) is 10.0. The van der Waals surface area contributed by atoms with E-state index in [2.05, 4.69) is 0 Å². The van der Waals surface area contributed by atoms with Gasteiger partial charge in [-0.2, -0.15) is 4.31 Å². The van der Waals surface area contributed by atoms with E-state index in [9.17, 15) is 13.5 Å². The van der Waals surface area contributed by atoms with E-state index in [1.165, 1.54) is 15.6 Å². The first-order valence-electron chi connectivity index (χ1n) is 5.74. The Kier molecular flexibility index (Phi) is 4.08. The minimum absolute atomic E-state index is 0.134. The van der Waals surface area contributed by atoms with Gasteiger partial charge in [-0.3, -0.25) is 0 Å². The predicted octanol–water partition coefficient (Wildman–Crippen LogP) is 1.13. The number of thiophene rings is 1. The van der Waals surface area contributed by atoms with Gasteiger partial charge in [-0.15, -0.1) is 11.3 Å². The molecule has 0 fully saturated rings. The van der Waals surface area contributed by atoms with Gasteiger partial charge in [-0.1, -0.05) is 0 Å². The lowest BCUT2D eigenvalue weighted by molar-refractivity contribution is 0.131. The van der Waals surface area contributed by atoms with Gasteiger partial charge >= 0.3 is 0 Å². The molecule has 0 radical (unpaired) electrons. The van der Waals surface area contributed by atoms with Crippen LogP contribution in [-0.4, -0.2) is 44.6 Å². The van der Waals surface area contributed by atoms with Crippen molar-refractivity contribution in [3.05, 3.63) is 16.5 Å². The minimum Gasteiger partial charge on any atom is -0.387 e. The number of hydrogen-bond donors (Lipinski definition) is 1. The summed E-state index contributed by atoms with van der Waals surface area (Å²) in [6.45, 7) is 2.87. The zero-order valence-electron chi connectivity index (χ0n) is 10.4. The zero-order valence-corrected chi connectivity index (χ0v) is 12.1. The van der Waals surface area contributed by atoms with Crippen LogP contribution in [0.1, 0.15) is 23.0 Å². The van der Waals surface area contributed by atoms with E-state index < -0.39 is 16.1 Å². The molecule has 7 heteroatoms. The van der Waals surface area contributed by atoms with Crippen LogP contribution in [0.5, 0.6) is 0 Å². The Hall–Kier alpha value is -0.470. The van der Waals surface area contributed by atoms with Gasteiger partial charge in [0.05, 0.1) is 6.10 Å². The van der Waals surface area contributed by atoms with Crippen molar-refractivity contribution in [1.29, 1.82) is 0 Å². The van der Waals surface area contributed by atoms with Crippen LogP contribution in [0.25, 0.3) is 0 Å². The maximum Gasteiger partial charge on any atom is 0.253 e. The molecule has 0 amide bonds. The number of β-amino-alcohol motifs (C(OH)–C–C–N with tert-alkyl or cyclic N) is 1. The molecule has 0 unspecified atom stereocenters. The molecule has 18 heavy (non-hydrogen) atoms. The third kappa shape index (κ3) is 2.46. The maximum atomic E-state index is 12.3. The summed E-state index contributed by atoms with van der Waals surface area (Å²) in [6.07, 6.45) is -0.0988. The molecule has 2 heterocycles. The molecule has 5 nitrogen and oxygen atoms in total. The van der Waals surface area contributed by atoms with Crippen LogP contribution in [0.2, 0.25) is 0 Å². The van der Waals surface area contributed by atoms with Gasteiger partial charge in [-0.25, -0.2) is 8.42 Å². The number of aliphatic hydroxyl groups excluding tert-OH is 1. The number of fused-ring (bicyclic) bond motifs is 1. The fraction of sp³-hybridized carbons (Fsp3) is 0.636. The smallest absolute Gasteiger partial charge is 0.253 e. The Morgan fingerprint density at radius 1 is 1.61 bits per heavy atom. The molecular formula is C11H17NO4S2. The molecule has 0 aromatic carbocycles. The fourth-order valence-electron chi connectivity index (χ4n) is 2.05. The Labute approximate surface area is 111 Å². The SMILES string of the molecule is COCCCN1C[C@@H](O)c2cc(C)sc2S1(=O)=O. The number of ether oxygens (including phenoxy) is 1. The Morgan fingerprint density at radius 2 is 2.33 bits per heavy atom. The number of sulfonamides is 1. The molecule has 1 aliphatic heterocycles. The summed E-state index contributed by atoms with van der Waals surface area (Å²) < 4.78 is 31.2. The molecule has 0 bridgehead atoms. The van der Waals surface area contributed by atoms with E-state index in [1.54, 1.807) is 13.2 Å². The monoisotopic (exact) mass is 291 g/mol. The molecule has 0 saturated carbocycles. The number of hydrogen-bond acceptors (Lipinski definition) is 5. The van der Waals surface area contributed by atoms with E-state index in [0.29, 0.717) is 25.1 Å². The second-order valence-corrected chi connectivity index (χ2v) is 7.71. The Morgan fingerprint density at radius 3 is 3.00 bits per heavy atom. The number of methoxy groups -OCH3 is 1. The van der Waals surface area contributed by atoms with E-state index in [1.807, 2.05) is 6.92 Å². The molecule has 0 spiro atoms. The topological polar surface area (TPSA) is 66.8 Å². The molecule has 2 rings (SSSR count). The van der Waals surface area contributed by atoms with Crippen molar-refractivity contribution in [2.75, 3.05) is 26.8 Å². The molecule has 1 atom stereocenters. The van der Waals surface area contributed by atoms with Crippen LogP contribution < -0.4 is 0 Å². The average molecular weight is 291 g/mol. The number of aryl methyl sites for hydroxylation is 1. The zero-order chi connectivity index (χ0) is 13.3. The largest absolute Gasteiger partial charge is 0.387 e. The molecule has 1 aliphatic rings. The third-order valence-electron chi connectivity index (χ3n) is 2.91. The van der Waals surface area contributed by atoms with Crippen LogP contribution in [0.15, 0.2) is 10.3 Å². The van der Waals surface area contributed by atoms with Crippen molar-refractivity contribution in [3.8, 4) is 0 Å². The lowest BCUT2D eigenvalue weighted by Crippen LogP contribution is -2.39. The summed E-state index contributed by atoms with van der Waals surface area (Å²) in [6, 6.07) is 1.76. The van der Waals surface area contributed by atoms with Gasteiger partial charge in [0.25, 0.3) is 10.0 Å². The highest BCUT2D eigenvalue weighted by atomic mass is 32.2. The van der Waals surface area contributed by atoms with Gasteiger partial charge < -0.3 is 9.84 Å². The third-order valence-corrected chi connectivity index (χ3v) is 6.37. The second-order valence-electron chi connectivity index (χ2n) is 4.33. The van der Waals surface area contributed by atoms with Crippen molar-refractivity contribution >= 4 is 21.4 Å². The summed E-state index contributed by atoms with van der Waals surface area (Å²) >= 11 is 1.22. The molecule has 1 aromatic heterocycles. The van der Waals surface area contributed by atoms with Crippen LogP contribution >= 0.6 is 11.3 Å². The predicted molar refractivity (Wildman–Crippen MR) is 69.3 cm³/mol. The van der Waals surface area contributed by atoms with Crippen LogP contribution in [0, 0.1) is 6.92 Å². The van der Waals surface area contributed by atoms with E-state index in [-0.39, 0.29) is 10.8 Å². The molecule has 1 aromatic rings. The van der Waals surface area contributed by atoms with E-state index in [0.717, 1.165) is 4.88 Å². The standard InChI is InChI=1S/C11H17NO4S2/c1-8-6-9-10(13)7-12(4-3-5-16-2)18(14,15)11(9)17-8/h6,10,13H,3-5,7H2,1-2H3/t10-/m1/s1. The Bertz CT molecular complexity index is 523. The first-order chi connectivity index (χ1) is 8.46. The number of aliphatic hydroxyl groups is 1. The van der Waals surface area contributed by atoms with Gasteiger partial charge in [0.1, 0.15) is 4.21 Å². The first kappa shape index (κ1) is 14.0. The van der Waals surface area contributed by atoms with Gasteiger partial charge in [0, 0.05) is 37.2 Å². The highest BCUT2D eigenvalue weighted by Crippen LogP contribution is 2.38. The summed E-state index contributed by atoms with van der Waals surface area (Å²) in [7, 11) is -1.86. The van der Waals surface area contributed by atoms with Crippen molar-refractivity contribution < 1.29 is 18.3 Å². The van der Waals surface area contributed by atoms with Gasteiger partial charge in [0.2, 0.25) is 0 Å². The highest BCUT2D eigenvalue weighted by molar-refractivity contribution is 7.91. The molecule has 0 saturated heterocycles. The van der Waals surface area contributed by atoms with Crippen LogP contribution in [0.4, 0.5) is 0 Å². The number of rotatable bonds is 4. The van der Waals surface area contributed by atoms with Crippen molar-refractivity contribution in [2.45, 2.75) is 23.7 Å². The van der Waals surface area contributed by atoms with E-state index >= 15 is 0 Å². The Balaban J connectivity index is 2.27. The second kappa shape index (κ2) is 5.26. The molecule has 1 N–H and O–H groups in total. The maximum absolute atomic E-state index is 12.3.